The SMILES string of the molecule is c1ccc(-c2ccc(N(c3ccc(-c4ccccc4)cc3)c3ccc(-c4ccc5c(ccc6nc(-c7ccccc7)c(-c7ccccc7)nc65)c4)cc3)cc2)cc1. The summed E-state index contributed by atoms with van der Waals surface area (Å²) in [6.45, 7) is 0. The highest BCUT2D eigenvalue weighted by molar-refractivity contribution is 6.06. The van der Waals surface area contributed by atoms with Crippen LogP contribution < -0.4 is 4.90 Å². The molecule has 0 spiro atoms. The van der Waals surface area contributed by atoms with E-state index in [1.165, 1.54) is 22.3 Å². The van der Waals surface area contributed by atoms with Crippen molar-refractivity contribution in [3.63, 3.8) is 0 Å². The van der Waals surface area contributed by atoms with Crippen LogP contribution in [0.15, 0.2) is 224 Å². The van der Waals surface area contributed by atoms with Crippen molar-refractivity contribution in [3.8, 4) is 55.9 Å². The third-order valence-electron chi connectivity index (χ3n) is 10.7. The maximum atomic E-state index is 5.32. The van der Waals surface area contributed by atoms with Crippen molar-refractivity contribution < 1.29 is 0 Å². The molecule has 3 heteroatoms. The van der Waals surface area contributed by atoms with E-state index in [0.717, 1.165) is 72.5 Å². The van der Waals surface area contributed by atoms with Crippen LogP contribution in [-0.2, 0) is 0 Å². The molecule has 0 aliphatic rings. The van der Waals surface area contributed by atoms with Crippen LogP contribution in [0, 0.1) is 0 Å². The number of hydrogen-bond acceptors (Lipinski definition) is 3. The summed E-state index contributed by atoms with van der Waals surface area (Å²) in [6, 6.07) is 79.2. The van der Waals surface area contributed by atoms with Gasteiger partial charge in [-0.05, 0) is 87.3 Å². The van der Waals surface area contributed by atoms with Crippen molar-refractivity contribution in [2.45, 2.75) is 0 Å². The van der Waals surface area contributed by atoms with Gasteiger partial charge in [-0.3, -0.25) is 0 Å². The fourth-order valence-electron chi connectivity index (χ4n) is 7.74. The molecule has 1 aromatic heterocycles. The maximum Gasteiger partial charge on any atom is 0.0973 e. The Morgan fingerprint density at radius 3 is 1.11 bits per heavy atom. The molecule has 268 valence electrons. The summed E-state index contributed by atoms with van der Waals surface area (Å²) in [5.74, 6) is 0. The molecule has 0 saturated heterocycles. The van der Waals surface area contributed by atoms with Crippen LogP contribution in [0.25, 0.3) is 77.7 Å². The van der Waals surface area contributed by atoms with E-state index in [1.807, 2.05) is 12.1 Å². The third kappa shape index (κ3) is 6.73. The van der Waals surface area contributed by atoms with E-state index in [2.05, 4.69) is 217 Å². The Morgan fingerprint density at radius 1 is 0.281 bits per heavy atom. The molecule has 9 aromatic carbocycles. The Bertz CT molecular complexity index is 2860. The number of hydrogen-bond donors (Lipinski definition) is 0. The second kappa shape index (κ2) is 14.9. The van der Waals surface area contributed by atoms with E-state index in [9.17, 15) is 0 Å². The Morgan fingerprint density at radius 2 is 0.649 bits per heavy atom. The first kappa shape index (κ1) is 33.9. The molecule has 0 saturated carbocycles. The summed E-state index contributed by atoms with van der Waals surface area (Å²) in [5, 5.41) is 2.21. The standard InChI is InChI=1S/C54H37N3/c1-5-13-38(14-6-1)40-21-29-47(30-22-40)57(48-31-23-41(24-32-48)39-15-7-2-8-16-39)49-33-25-42(26-34-49)45-27-35-50-46(37-45)28-36-51-54(50)56-53(44-19-11-4-12-20-44)52(55-51)43-17-9-3-10-18-43/h1-37H. The van der Waals surface area contributed by atoms with Crippen LogP contribution in [0.1, 0.15) is 0 Å². The molecule has 3 nitrogen and oxygen atoms in total. The van der Waals surface area contributed by atoms with Crippen molar-refractivity contribution >= 4 is 38.9 Å². The highest BCUT2D eigenvalue weighted by atomic mass is 15.1. The van der Waals surface area contributed by atoms with Gasteiger partial charge >= 0.3 is 0 Å². The number of aromatic nitrogens is 2. The van der Waals surface area contributed by atoms with E-state index >= 15 is 0 Å². The van der Waals surface area contributed by atoms with Gasteiger partial charge in [0.25, 0.3) is 0 Å². The highest BCUT2D eigenvalue weighted by Crippen LogP contribution is 2.39. The molecule has 57 heavy (non-hydrogen) atoms. The molecule has 0 bridgehead atoms. The molecule has 0 aliphatic carbocycles. The topological polar surface area (TPSA) is 29.0 Å². The number of fused-ring (bicyclic) bond motifs is 3. The van der Waals surface area contributed by atoms with Crippen LogP contribution in [0.3, 0.4) is 0 Å². The summed E-state index contributed by atoms with van der Waals surface area (Å²) in [5.41, 5.74) is 16.0. The zero-order valence-corrected chi connectivity index (χ0v) is 31.2. The second-order valence-corrected chi connectivity index (χ2v) is 14.2. The average Bonchev–Trinajstić information content (AvgIpc) is 3.30. The molecular weight excluding hydrogens is 691 g/mol. The largest absolute Gasteiger partial charge is 0.311 e. The van der Waals surface area contributed by atoms with Crippen molar-refractivity contribution in [3.05, 3.63) is 224 Å². The molecule has 1 heterocycles. The van der Waals surface area contributed by atoms with Gasteiger partial charge in [0.15, 0.2) is 0 Å². The fraction of sp³-hybridized carbons (Fsp3) is 0. The molecule has 0 aliphatic heterocycles. The first-order valence-corrected chi connectivity index (χ1v) is 19.3. The van der Waals surface area contributed by atoms with Crippen molar-refractivity contribution in [1.82, 2.24) is 9.97 Å². The molecule has 0 unspecified atom stereocenters. The van der Waals surface area contributed by atoms with Gasteiger partial charge in [0.1, 0.15) is 0 Å². The molecule has 0 atom stereocenters. The van der Waals surface area contributed by atoms with Gasteiger partial charge in [-0.25, -0.2) is 9.97 Å². The summed E-state index contributed by atoms with van der Waals surface area (Å²) in [6.07, 6.45) is 0. The molecule has 0 fully saturated rings. The van der Waals surface area contributed by atoms with E-state index in [0.29, 0.717) is 0 Å². The minimum Gasteiger partial charge on any atom is -0.311 e. The quantitative estimate of drug-likeness (QED) is 0.146. The predicted molar refractivity (Wildman–Crippen MR) is 239 cm³/mol. The smallest absolute Gasteiger partial charge is 0.0973 e. The van der Waals surface area contributed by atoms with Crippen molar-refractivity contribution in [2.24, 2.45) is 0 Å². The first-order chi connectivity index (χ1) is 28.2. The van der Waals surface area contributed by atoms with Gasteiger partial charge in [0.2, 0.25) is 0 Å². The Balaban J connectivity index is 1.01. The number of anilines is 3. The van der Waals surface area contributed by atoms with E-state index < -0.39 is 0 Å². The Kier molecular flexibility index (Phi) is 8.86. The van der Waals surface area contributed by atoms with Gasteiger partial charge in [-0.15, -0.1) is 0 Å². The van der Waals surface area contributed by atoms with Crippen LogP contribution in [-0.4, -0.2) is 9.97 Å². The van der Waals surface area contributed by atoms with Crippen LogP contribution in [0.2, 0.25) is 0 Å². The van der Waals surface area contributed by atoms with Gasteiger partial charge in [0, 0.05) is 33.6 Å². The second-order valence-electron chi connectivity index (χ2n) is 14.2. The number of rotatable bonds is 8. The van der Waals surface area contributed by atoms with Gasteiger partial charge in [0.05, 0.1) is 22.4 Å². The highest BCUT2D eigenvalue weighted by Gasteiger charge is 2.17. The van der Waals surface area contributed by atoms with E-state index in [1.54, 1.807) is 0 Å². The predicted octanol–water partition coefficient (Wildman–Crippen LogP) is 14.6. The van der Waals surface area contributed by atoms with E-state index in [4.69, 9.17) is 9.97 Å². The van der Waals surface area contributed by atoms with Crippen LogP contribution in [0.4, 0.5) is 17.1 Å². The van der Waals surface area contributed by atoms with Gasteiger partial charge in [-0.1, -0.05) is 176 Å². The van der Waals surface area contributed by atoms with Gasteiger partial charge < -0.3 is 4.90 Å². The summed E-state index contributed by atoms with van der Waals surface area (Å²) in [4.78, 5) is 12.8. The monoisotopic (exact) mass is 727 g/mol. The summed E-state index contributed by atoms with van der Waals surface area (Å²) >= 11 is 0. The van der Waals surface area contributed by atoms with Crippen molar-refractivity contribution in [1.29, 1.82) is 0 Å². The minimum absolute atomic E-state index is 0.881. The number of benzene rings is 9. The molecule has 10 rings (SSSR count). The summed E-state index contributed by atoms with van der Waals surface area (Å²) < 4.78 is 0. The molecule has 0 radical (unpaired) electrons. The Hall–Kier alpha value is -7.62. The zero-order valence-electron chi connectivity index (χ0n) is 31.2. The molecule has 10 aromatic rings. The lowest BCUT2D eigenvalue weighted by molar-refractivity contribution is 1.28. The Labute approximate surface area is 332 Å². The summed E-state index contributed by atoms with van der Waals surface area (Å²) in [7, 11) is 0. The lowest BCUT2D eigenvalue weighted by atomic mass is 9.99. The number of nitrogens with zero attached hydrogens (tertiary/aromatic N) is 3. The van der Waals surface area contributed by atoms with Gasteiger partial charge in [-0.2, -0.15) is 0 Å². The van der Waals surface area contributed by atoms with Crippen LogP contribution in [0.5, 0.6) is 0 Å². The fourth-order valence-corrected chi connectivity index (χ4v) is 7.74. The van der Waals surface area contributed by atoms with E-state index in [-0.39, 0.29) is 0 Å². The minimum atomic E-state index is 0.881. The maximum absolute atomic E-state index is 5.32. The zero-order chi connectivity index (χ0) is 38.0. The molecular formula is C54H37N3. The normalized spacial score (nSPS) is 11.2. The van der Waals surface area contributed by atoms with Crippen molar-refractivity contribution in [2.75, 3.05) is 4.90 Å². The molecule has 0 N–H and O–H groups in total. The lowest BCUT2D eigenvalue weighted by Crippen LogP contribution is -2.09. The van der Waals surface area contributed by atoms with Crippen LogP contribution >= 0.6 is 0 Å². The molecule has 0 amide bonds. The first-order valence-electron chi connectivity index (χ1n) is 19.3. The third-order valence-corrected chi connectivity index (χ3v) is 10.7. The average molecular weight is 728 g/mol. The lowest BCUT2D eigenvalue weighted by Gasteiger charge is -2.26.